The number of likely N-dealkylation sites (tertiary alicyclic amines) is 1. The van der Waals surface area contributed by atoms with Crippen molar-refractivity contribution >= 4 is 0 Å². The molecule has 1 aliphatic heterocycles. The van der Waals surface area contributed by atoms with Crippen LogP contribution in [0.4, 0.5) is 0 Å². The maximum absolute atomic E-state index is 6.04. The first-order valence-corrected chi connectivity index (χ1v) is 6.73. The van der Waals surface area contributed by atoms with Crippen LogP contribution in [0.25, 0.3) is 0 Å². The summed E-state index contributed by atoms with van der Waals surface area (Å²) in [5.74, 6) is 0.662. The highest BCUT2D eigenvalue weighted by Gasteiger charge is 2.25. The van der Waals surface area contributed by atoms with Crippen molar-refractivity contribution in [3.8, 4) is 0 Å². The van der Waals surface area contributed by atoms with E-state index in [1.54, 1.807) is 0 Å². The second-order valence-electron chi connectivity index (χ2n) is 5.34. The lowest BCUT2D eigenvalue weighted by Crippen LogP contribution is -2.43. The first-order valence-electron chi connectivity index (χ1n) is 6.73. The molecule has 2 nitrogen and oxygen atoms in total. The Bertz CT molecular complexity index is 334. The molecule has 1 aromatic rings. The van der Waals surface area contributed by atoms with Gasteiger partial charge in [-0.05, 0) is 44.7 Å². The number of piperidine rings is 1. The molecule has 2 heteroatoms. The van der Waals surface area contributed by atoms with Crippen LogP contribution < -0.4 is 5.73 Å². The predicted octanol–water partition coefficient (Wildman–Crippen LogP) is 2.81. The maximum atomic E-state index is 6.04. The van der Waals surface area contributed by atoms with Gasteiger partial charge in [0.15, 0.2) is 0 Å². The topological polar surface area (TPSA) is 29.3 Å². The Morgan fingerprint density at radius 3 is 2.59 bits per heavy atom. The third-order valence-corrected chi connectivity index (χ3v) is 4.06. The van der Waals surface area contributed by atoms with Gasteiger partial charge in [-0.25, -0.2) is 0 Å². The van der Waals surface area contributed by atoms with Gasteiger partial charge in [0.25, 0.3) is 0 Å². The Labute approximate surface area is 105 Å². The van der Waals surface area contributed by atoms with E-state index in [0.717, 1.165) is 6.54 Å². The fourth-order valence-corrected chi connectivity index (χ4v) is 2.76. The van der Waals surface area contributed by atoms with Crippen LogP contribution in [0, 0.1) is 5.92 Å². The third kappa shape index (κ3) is 3.08. The van der Waals surface area contributed by atoms with Crippen molar-refractivity contribution in [2.75, 3.05) is 13.1 Å². The fraction of sp³-hybridized carbons (Fsp3) is 0.600. The van der Waals surface area contributed by atoms with Gasteiger partial charge in [-0.3, -0.25) is 4.90 Å². The molecule has 2 N–H and O–H groups in total. The highest BCUT2D eigenvalue weighted by Crippen LogP contribution is 2.27. The van der Waals surface area contributed by atoms with Crippen molar-refractivity contribution in [1.29, 1.82) is 0 Å². The fourth-order valence-electron chi connectivity index (χ4n) is 2.76. The zero-order chi connectivity index (χ0) is 12.3. The molecule has 0 bridgehead atoms. The summed E-state index contributed by atoms with van der Waals surface area (Å²) in [5, 5.41) is 0. The summed E-state index contributed by atoms with van der Waals surface area (Å²) >= 11 is 0. The zero-order valence-corrected chi connectivity index (χ0v) is 11.0. The minimum atomic E-state index is 0.320. The Hall–Kier alpha value is -0.860. The van der Waals surface area contributed by atoms with E-state index in [4.69, 9.17) is 5.73 Å². The molecule has 3 unspecified atom stereocenters. The second kappa shape index (κ2) is 5.65. The number of nitrogens with zero attached hydrogens (tertiary/aromatic N) is 1. The molecule has 1 heterocycles. The second-order valence-corrected chi connectivity index (χ2v) is 5.34. The van der Waals surface area contributed by atoms with Gasteiger partial charge in [0.1, 0.15) is 0 Å². The summed E-state index contributed by atoms with van der Waals surface area (Å²) in [6, 6.07) is 11.6. The number of hydrogen-bond acceptors (Lipinski definition) is 2. The van der Waals surface area contributed by atoms with Crippen molar-refractivity contribution in [1.82, 2.24) is 4.90 Å². The Morgan fingerprint density at radius 1 is 1.24 bits per heavy atom. The molecule has 94 valence electrons. The van der Waals surface area contributed by atoms with Gasteiger partial charge in [0.2, 0.25) is 0 Å². The molecule has 0 amide bonds. The molecule has 1 aromatic carbocycles. The summed E-state index contributed by atoms with van der Waals surface area (Å²) in [4.78, 5) is 2.58. The van der Waals surface area contributed by atoms with Gasteiger partial charge < -0.3 is 5.73 Å². The van der Waals surface area contributed by atoms with Crippen molar-refractivity contribution in [2.24, 2.45) is 11.7 Å². The van der Waals surface area contributed by atoms with Crippen LogP contribution >= 0.6 is 0 Å². The summed E-state index contributed by atoms with van der Waals surface area (Å²) in [6.45, 7) is 6.80. The highest BCUT2D eigenvalue weighted by atomic mass is 15.2. The standard InChI is InChI=1S/C15H24N2/c1-12(16)15-9-6-10-17(11-15)13(2)14-7-4-3-5-8-14/h3-5,7-8,12-13,15H,6,9-11,16H2,1-2H3. The number of rotatable bonds is 3. The molecule has 1 aliphatic rings. The lowest BCUT2D eigenvalue weighted by atomic mass is 9.90. The molecule has 17 heavy (non-hydrogen) atoms. The van der Waals surface area contributed by atoms with Crippen molar-refractivity contribution in [3.63, 3.8) is 0 Å². The van der Waals surface area contributed by atoms with Crippen LogP contribution in [0.2, 0.25) is 0 Å². The van der Waals surface area contributed by atoms with E-state index in [-0.39, 0.29) is 0 Å². The molecule has 0 radical (unpaired) electrons. The first-order chi connectivity index (χ1) is 8.18. The van der Waals surface area contributed by atoms with Gasteiger partial charge in [-0.1, -0.05) is 30.3 Å². The van der Waals surface area contributed by atoms with Crippen LogP contribution in [0.5, 0.6) is 0 Å². The monoisotopic (exact) mass is 232 g/mol. The molecule has 0 aliphatic carbocycles. The van der Waals surface area contributed by atoms with Gasteiger partial charge in [-0.2, -0.15) is 0 Å². The summed E-state index contributed by atoms with van der Waals surface area (Å²) in [5.41, 5.74) is 7.46. The Balaban J connectivity index is 2.02. The number of hydrogen-bond donors (Lipinski definition) is 1. The summed E-state index contributed by atoms with van der Waals surface area (Å²) in [7, 11) is 0. The average Bonchev–Trinajstić information content (AvgIpc) is 2.39. The van der Waals surface area contributed by atoms with Gasteiger partial charge >= 0.3 is 0 Å². The van der Waals surface area contributed by atoms with Gasteiger partial charge in [0.05, 0.1) is 0 Å². The molecule has 0 spiro atoms. The van der Waals surface area contributed by atoms with E-state index < -0.39 is 0 Å². The lowest BCUT2D eigenvalue weighted by molar-refractivity contribution is 0.121. The molecule has 3 atom stereocenters. The van der Waals surface area contributed by atoms with E-state index in [2.05, 4.69) is 49.1 Å². The van der Waals surface area contributed by atoms with E-state index in [1.807, 2.05) is 0 Å². The minimum absolute atomic E-state index is 0.320. The largest absolute Gasteiger partial charge is 0.328 e. The van der Waals surface area contributed by atoms with Crippen molar-refractivity contribution in [3.05, 3.63) is 35.9 Å². The van der Waals surface area contributed by atoms with Gasteiger partial charge in [0, 0.05) is 18.6 Å². The average molecular weight is 232 g/mol. The van der Waals surface area contributed by atoms with Crippen LogP contribution in [0.1, 0.15) is 38.3 Å². The van der Waals surface area contributed by atoms with E-state index in [1.165, 1.54) is 24.9 Å². The molecule has 1 fully saturated rings. The molecular weight excluding hydrogens is 208 g/mol. The highest BCUT2D eigenvalue weighted by molar-refractivity contribution is 5.18. The summed E-state index contributed by atoms with van der Waals surface area (Å²) < 4.78 is 0. The minimum Gasteiger partial charge on any atom is -0.328 e. The zero-order valence-electron chi connectivity index (χ0n) is 11.0. The van der Waals surface area contributed by atoms with Crippen LogP contribution in [0.3, 0.4) is 0 Å². The normalized spacial score (nSPS) is 25.5. The molecule has 0 saturated carbocycles. The maximum Gasteiger partial charge on any atom is 0.0320 e. The first kappa shape index (κ1) is 12.6. The van der Waals surface area contributed by atoms with Crippen molar-refractivity contribution < 1.29 is 0 Å². The van der Waals surface area contributed by atoms with Crippen molar-refractivity contribution in [2.45, 2.75) is 38.8 Å². The van der Waals surface area contributed by atoms with Gasteiger partial charge in [-0.15, -0.1) is 0 Å². The summed E-state index contributed by atoms with van der Waals surface area (Å²) in [6.07, 6.45) is 2.57. The number of benzene rings is 1. The van der Waals surface area contributed by atoms with Crippen LogP contribution in [-0.4, -0.2) is 24.0 Å². The van der Waals surface area contributed by atoms with E-state index in [9.17, 15) is 0 Å². The Kier molecular flexibility index (Phi) is 4.19. The molecule has 0 aromatic heterocycles. The number of nitrogens with two attached hydrogens (primary N) is 1. The van der Waals surface area contributed by atoms with Crippen LogP contribution in [-0.2, 0) is 0 Å². The third-order valence-electron chi connectivity index (χ3n) is 4.06. The molecule has 2 rings (SSSR count). The SMILES string of the molecule is CC(N)C1CCCN(C(C)c2ccccc2)C1. The lowest BCUT2D eigenvalue weighted by Gasteiger charge is -2.38. The van der Waals surface area contributed by atoms with Crippen LogP contribution in [0.15, 0.2) is 30.3 Å². The predicted molar refractivity (Wildman–Crippen MR) is 72.8 cm³/mol. The Morgan fingerprint density at radius 2 is 1.94 bits per heavy atom. The smallest absolute Gasteiger partial charge is 0.0320 e. The molecule has 1 saturated heterocycles. The van der Waals surface area contributed by atoms with E-state index in [0.29, 0.717) is 18.0 Å². The molecular formula is C15H24N2. The van der Waals surface area contributed by atoms with E-state index >= 15 is 0 Å². The quantitative estimate of drug-likeness (QED) is 0.868.